The van der Waals surface area contributed by atoms with Gasteiger partial charge in [0.1, 0.15) is 11.3 Å². The molecule has 1 fully saturated rings. The van der Waals surface area contributed by atoms with Crippen molar-refractivity contribution in [3.63, 3.8) is 0 Å². The molecule has 1 rings (SSSR count). The van der Waals surface area contributed by atoms with Crippen LogP contribution in [0.2, 0.25) is 0 Å². The number of carbonyl (C=O) groups is 1. The topological polar surface area (TPSA) is 87.0 Å². The van der Waals surface area contributed by atoms with Crippen molar-refractivity contribution in [3.05, 3.63) is 0 Å². The molecule has 0 spiro atoms. The highest BCUT2D eigenvalue weighted by Gasteiger charge is 2.33. The van der Waals surface area contributed by atoms with Gasteiger partial charge in [0.05, 0.1) is 6.07 Å². The molecule has 90 valence electrons. The van der Waals surface area contributed by atoms with Crippen LogP contribution in [0, 0.1) is 11.3 Å². The molecule has 0 heterocycles. The van der Waals surface area contributed by atoms with Gasteiger partial charge in [0.2, 0.25) is 5.91 Å². The molecule has 0 aromatic heterocycles. The van der Waals surface area contributed by atoms with Crippen LogP contribution in [0.3, 0.4) is 0 Å². The van der Waals surface area contributed by atoms with Crippen LogP contribution in [0.15, 0.2) is 0 Å². The fourth-order valence-corrected chi connectivity index (χ4v) is 2.51. The summed E-state index contributed by atoms with van der Waals surface area (Å²) in [5.74, 6) is -1.12. The Bertz CT molecular complexity index is 402. The predicted octanol–water partition coefficient (Wildman–Crippen LogP) is 0.374. The van der Waals surface area contributed by atoms with E-state index in [1.54, 1.807) is 0 Å². The Morgan fingerprint density at radius 3 is 2.38 bits per heavy atom. The molecule has 6 heteroatoms. The zero-order chi connectivity index (χ0) is 12.2. The minimum absolute atomic E-state index is 0.545. The first kappa shape index (κ1) is 13.0. The molecule has 1 amide bonds. The lowest BCUT2D eigenvalue weighted by Crippen LogP contribution is -2.50. The van der Waals surface area contributed by atoms with Crippen LogP contribution < -0.4 is 5.32 Å². The van der Waals surface area contributed by atoms with Crippen molar-refractivity contribution in [2.45, 2.75) is 37.6 Å². The van der Waals surface area contributed by atoms with Crippen molar-refractivity contribution in [1.29, 1.82) is 5.26 Å². The van der Waals surface area contributed by atoms with Crippen LogP contribution in [-0.2, 0) is 14.6 Å². The number of nitriles is 1. The summed E-state index contributed by atoms with van der Waals surface area (Å²) >= 11 is 0. The van der Waals surface area contributed by atoms with Gasteiger partial charge in [0.25, 0.3) is 0 Å². The van der Waals surface area contributed by atoms with Gasteiger partial charge in [0.15, 0.2) is 9.84 Å². The van der Waals surface area contributed by atoms with Gasteiger partial charge in [-0.05, 0) is 12.8 Å². The summed E-state index contributed by atoms with van der Waals surface area (Å²) < 4.78 is 21.9. The maximum Gasteiger partial charge on any atom is 0.236 e. The molecular weight excluding hydrogens is 228 g/mol. The Balaban J connectivity index is 2.64. The molecule has 5 nitrogen and oxygen atoms in total. The van der Waals surface area contributed by atoms with Gasteiger partial charge in [-0.15, -0.1) is 0 Å². The molecule has 16 heavy (non-hydrogen) atoms. The third-order valence-corrected chi connectivity index (χ3v) is 3.48. The van der Waals surface area contributed by atoms with E-state index >= 15 is 0 Å². The third kappa shape index (κ3) is 3.81. The molecular formula is C10H16N2O3S. The van der Waals surface area contributed by atoms with E-state index in [1.807, 2.05) is 0 Å². The van der Waals surface area contributed by atoms with Crippen molar-refractivity contribution in [3.8, 4) is 6.07 Å². The molecule has 0 atom stereocenters. The lowest BCUT2D eigenvalue weighted by Gasteiger charge is -2.31. The van der Waals surface area contributed by atoms with E-state index in [0.717, 1.165) is 25.5 Å². The first-order valence-corrected chi connectivity index (χ1v) is 7.33. The number of rotatable bonds is 3. The second kappa shape index (κ2) is 4.83. The highest BCUT2D eigenvalue weighted by atomic mass is 32.2. The molecule has 0 aromatic rings. The molecule has 0 saturated heterocycles. The monoisotopic (exact) mass is 244 g/mol. The minimum Gasteiger partial charge on any atom is -0.337 e. The second-order valence-electron chi connectivity index (χ2n) is 4.37. The highest BCUT2D eigenvalue weighted by Crippen LogP contribution is 2.27. The standard InChI is InChI=1S/C10H16N2O3S/c1-16(14,15)7-9(13)12-10(8-11)5-3-2-4-6-10/h2-7H2,1H3,(H,12,13). The maximum atomic E-state index is 11.4. The van der Waals surface area contributed by atoms with E-state index in [4.69, 9.17) is 5.26 Å². The normalized spacial score (nSPS) is 19.8. The van der Waals surface area contributed by atoms with Gasteiger partial charge >= 0.3 is 0 Å². The lowest BCUT2D eigenvalue weighted by molar-refractivity contribution is -0.120. The van der Waals surface area contributed by atoms with E-state index in [2.05, 4.69) is 11.4 Å². The number of nitrogens with one attached hydrogen (secondary N) is 1. The van der Waals surface area contributed by atoms with Gasteiger partial charge in [-0.1, -0.05) is 19.3 Å². The fourth-order valence-electron chi connectivity index (χ4n) is 1.96. The SMILES string of the molecule is CS(=O)(=O)CC(=O)NC1(C#N)CCCCC1. The molecule has 0 aromatic carbocycles. The van der Waals surface area contributed by atoms with E-state index in [0.29, 0.717) is 12.8 Å². The van der Waals surface area contributed by atoms with Gasteiger partial charge in [-0.2, -0.15) is 5.26 Å². The van der Waals surface area contributed by atoms with Crippen LogP contribution in [0.4, 0.5) is 0 Å². The molecule has 0 radical (unpaired) electrons. The molecule has 1 saturated carbocycles. The van der Waals surface area contributed by atoms with Crippen LogP contribution in [-0.4, -0.2) is 31.9 Å². The predicted molar refractivity (Wildman–Crippen MR) is 59.3 cm³/mol. The largest absolute Gasteiger partial charge is 0.337 e. The van der Waals surface area contributed by atoms with Gasteiger partial charge in [-0.25, -0.2) is 8.42 Å². The number of sulfone groups is 1. The smallest absolute Gasteiger partial charge is 0.236 e. The molecule has 0 unspecified atom stereocenters. The fraction of sp³-hybridized carbons (Fsp3) is 0.800. The van der Waals surface area contributed by atoms with E-state index in [-0.39, 0.29) is 0 Å². The van der Waals surface area contributed by atoms with Crippen molar-refractivity contribution in [2.75, 3.05) is 12.0 Å². The maximum absolute atomic E-state index is 11.4. The zero-order valence-corrected chi connectivity index (χ0v) is 10.1. The minimum atomic E-state index is -3.33. The summed E-state index contributed by atoms with van der Waals surface area (Å²) in [4.78, 5) is 11.4. The first-order valence-electron chi connectivity index (χ1n) is 5.27. The van der Waals surface area contributed by atoms with Crippen molar-refractivity contribution in [2.24, 2.45) is 0 Å². The molecule has 1 aliphatic rings. The summed E-state index contributed by atoms with van der Waals surface area (Å²) in [5.41, 5.74) is -0.847. The van der Waals surface area contributed by atoms with Gasteiger partial charge in [0, 0.05) is 6.26 Å². The Morgan fingerprint density at radius 1 is 1.38 bits per heavy atom. The lowest BCUT2D eigenvalue weighted by atomic mass is 9.83. The Kier molecular flexibility index (Phi) is 3.92. The summed E-state index contributed by atoms with van der Waals surface area (Å²) in [6.45, 7) is 0. The number of hydrogen-bond acceptors (Lipinski definition) is 4. The number of nitrogens with zero attached hydrogens (tertiary/aromatic N) is 1. The molecule has 1 N–H and O–H groups in total. The van der Waals surface area contributed by atoms with E-state index in [9.17, 15) is 13.2 Å². The molecule has 1 aliphatic carbocycles. The first-order chi connectivity index (χ1) is 7.37. The van der Waals surface area contributed by atoms with Crippen molar-refractivity contribution < 1.29 is 13.2 Å². The van der Waals surface area contributed by atoms with Crippen LogP contribution in [0.1, 0.15) is 32.1 Å². The highest BCUT2D eigenvalue weighted by molar-refractivity contribution is 7.91. The quantitative estimate of drug-likeness (QED) is 0.777. The average Bonchev–Trinajstić information content (AvgIpc) is 2.16. The van der Waals surface area contributed by atoms with E-state index < -0.39 is 27.0 Å². The number of amides is 1. The summed E-state index contributed by atoms with van der Waals surface area (Å²) in [6, 6.07) is 2.11. The number of carbonyl (C=O) groups excluding carboxylic acids is 1. The zero-order valence-electron chi connectivity index (χ0n) is 9.32. The summed E-state index contributed by atoms with van der Waals surface area (Å²) in [6.07, 6.45) is 5.08. The Morgan fingerprint density at radius 2 is 1.94 bits per heavy atom. The van der Waals surface area contributed by atoms with Gasteiger partial charge < -0.3 is 5.32 Å². The second-order valence-corrected chi connectivity index (χ2v) is 6.51. The summed E-state index contributed by atoms with van der Waals surface area (Å²) in [5, 5.41) is 11.6. The van der Waals surface area contributed by atoms with Crippen LogP contribution >= 0.6 is 0 Å². The van der Waals surface area contributed by atoms with E-state index in [1.165, 1.54) is 0 Å². The Labute approximate surface area is 95.7 Å². The van der Waals surface area contributed by atoms with Gasteiger partial charge in [-0.3, -0.25) is 4.79 Å². The van der Waals surface area contributed by atoms with Crippen molar-refractivity contribution in [1.82, 2.24) is 5.32 Å². The number of hydrogen-bond donors (Lipinski definition) is 1. The molecule has 0 bridgehead atoms. The molecule has 0 aliphatic heterocycles. The Hall–Kier alpha value is -1.09. The average molecular weight is 244 g/mol. The van der Waals surface area contributed by atoms with Crippen LogP contribution in [0.5, 0.6) is 0 Å². The van der Waals surface area contributed by atoms with Crippen LogP contribution in [0.25, 0.3) is 0 Å². The van der Waals surface area contributed by atoms with Crippen molar-refractivity contribution >= 4 is 15.7 Å². The third-order valence-electron chi connectivity index (χ3n) is 2.69. The summed E-state index contributed by atoms with van der Waals surface area (Å²) in [7, 11) is -3.33.